The summed E-state index contributed by atoms with van der Waals surface area (Å²) in [6, 6.07) is 7.78. The average molecular weight is 315 g/mol. The quantitative estimate of drug-likeness (QED) is 0.891. The van der Waals surface area contributed by atoms with Gasteiger partial charge in [0.25, 0.3) is 5.91 Å². The minimum Gasteiger partial charge on any atom is -0.340 e. The number of hydrogen-bond donors (Lipinski definition) is 2. The zero-order valence-electron chi connectivity index (χ0n) is 12.9. The van der Waals surface area contributed by atoms with Gasteiger partial charge in [-0.15, -0.1) is 0 Å². The highest BCUT2D eigenvalue weighted by molar-refractivity contribution is 6.01. The van der Waals surface area contributed by atoms with Gasteiger partial charge in [0.15, 0.2) is 0 Å². The van der Waals surface area contributed by atoms with Gasteiger partial charge in [-0.25, -0.2) is 4.39 Å². The first-order valence-corrected chi connectivity index (χ1v) is 7.24. The van der Waals surface area contributed by atoms with E-state index in [0.717, 1.165) is 0 Å². The molecule has 2 amide bonds. The molecule has 23 heavy (non-hydrogen) atoms. The van der Waals surface area contributed by atoms with Gasteiger partial charge in [-0.1, -0.05) is 13.8 Å². The van der Waals surface area contributed by atoms with Gasteiger partial charge in [0.05, 0.1) is 0 Å². The number of amides is 2. The fourth-order valence-corrected chi connectivity index (χ4v) is 2.02. The van der Waals surface area contributed by atoms with Gasteiger partial charge in [-0.3, -0.25) is 14.6 Å². The molecule has 0 fully saturated rings. The van der Waals surface area contributed by atoms with Gasteiger partial charge in [0.1, 0.15) is 11.9 Å². The van der Waals surface area contributed by atoms with Crippen LogP contribution in [0.3, 0.4) is 0 Å². The van der Waals surface area contributed by atoms with Crippen LogP contribution in [0.25, 0.3) is 0 Å². The minimum absolute atomic E-state index is 0.110. The second-order valence-electron chi connectivity index (χ2n) is 5.43. The number of nitrogens with zero attached hydrogens (tertiary/aromatic N) is 1. The lowest BCUT2D eigenvalue weighted by Gasteiger charge is -2.21. The Morgan fingerprint density at radius 2 is 1.65 bits per heavy atom. The third kappa shape index (κ3) is 4.60. The molecule has 2 aromatic rings. The Morgan fingerprint density at radius 3 is 2.22 bits per heavy atom. The standard InChI is InChI=1S/C17H18FN3O2/c1-11(2)15(17(23)20-14-7-9-19-10-8-14)21-16(22)12-3-5-13(18)6-4-12/h3-11,15H,1-2H3,(H,21,22)(H,19,20,23). The van der Waals surface area contributed by atoms with Crippen LogP contribution in [0, 0.1) is 11.7 Å². The van der Waals surface area contributed by atoms with E-state index in [1.165, 1.54) is 24.3 Å². The van der Waals surface area contributed by atoms with Gasteiger partial charge < -0.3 is 10.6 Å². The molecule has 0 aliphatic heterocycles. The number of pyridine rings is 1. The van der Waals surface area contributed by atoms with Crippen LogP contribution in [-0.4, -0.2) is 22.8 Å². The van der Waals surface area contributed by atoms with Crippen molar-refractivity contribution < 1.29 is 14.0 Å². The number of carbonyl (C=O) groups excluding carboxylic acids is 2. The second kappa shape index (κ2) is 7.49. The molecule has 2 rings (SSSR count). The molecule has 1 unspecified atom stereocenters. The summed E-state index contributed by atoms with van der Waals surface area (Å²) in [5, 5.41) is 5.42. The van der Waals surface area contributed by atoms with Crippen molar-refractivity contribution in [2.24, 2.45) is 5.92 Å². The van der Waals surface area contributed by atoms with E-state index >= 15 is 0 Å². The van der Waals surface area contributed by atoms with E-state index in [2.05, 4.69) is 15.6 Å². The van der Waals surface area contributed by atoms with Gasteiger partial charge in [0, 0.05) is 23.6 Å². The fraction of sp³-hybridized carbons (Fsp3) is 0.235. The Kier molecular flexibility index (Phi) is 5.41. The highest BCUT2D eigenvalue weighted by atomic mass is 19.1. The van der Waals surface area contributed by atoms with Crippen LogP contribution < -0.4 is 10.6 Å². The number of halogens is 1. The predicted molar refractivity (Wildman–Crippen MR) is 85.4 cm³/mol. The lowest BCUT2D eigenvalue weighted by atomic mass is 10.0. The Hall–Kier alpha value is -2.76. The number of nitrogens with one attached hydrogen (secondary N) is 2. The number of rotatable bonds is 5. The summed E-state index contributed by atoms with van der Waals surface area (Å²) in [6.45, 7) is 3.67. The first kappa shape index (κ1) is 16.6. The maximum Gasteiger partial charge on any atom is 0.251 e. The normalized spacial score (nSPS) is 11.8. The van der Waals surface area contributed by atoms with Crippen molar-refractivity contribution in [2.45, 2.75) is 19.9 Å². The van der Waals surface area contributed by atoms with E-state index in [9.17, 15) is 14.0 Å². The van der Waals surface area contributed by atoms with E-state index < -0.39 is 17.8 Å². The summed E-state index contributed by atoms with van der Waals surface area (Å²) >= 11 is 0. The van der Waals surface area contributed by atoms with Gasteiger partial charge in [-0.05, 0) is 42.3 Å². The molecule has 0 spiro atoms. The summed E-state index contributed by atoms with van der Waals surface area (Å²) in [7, 11) is 0. The Bertz CT molecular complexity index is 672. The number of aromatic nitrogens is 1. The van der Waals surface area contributed by atoms with Crippen molar-refractivity contribution in [1.29, 1.82) is 0 Å². The zero-order chi connectivity index (χ0) is 16.8. The molecule has 6 heteroatoms. The number of carbonyl (C=O) groups is 2. The topological polar surface area (TPSA) is 71.1 Å². The minimum atomic E-state index is -0.708. The SMILES string of the molecule is CC(C)C(NC(=O)c1ccc(F)cc1)C(=O)Nc1ccncc1. The van der Waals surface area contributed by atoms with Gasteiger partial charge in [-0.2, -0.15) is 0 Å². The molecule has 0 saturated heterocycles. The van der Waals surface area contributed by atoms with Crippen LogP contribution in [0.15, 0.2) is 48.8 Å². The molecule has 0 aliphatic carbocycles. The van der Waals surface area contributed by atoms with Gasteiger partial charge in [0.2, 0.25) is 5.91 Å². The van der Waals surface area contributed by atoms with E-state index in [1.54, 1.807) is 24.5 Å². The van der Waals surface area contributed by atoms with Crippen molar-refractivity contribution in [3.8, 4) is 0 Å². The third-order valence-electron chi connectivity index (χ3n) is 3.29. The van der Waals surface area contributed by atoms with Crippen LogP contribution in [-0.2, 0) is 4.79 Å². The maximum atomic E-state index is 12.9. The van der Waals surface area contributed by atoms with Crippen LogP contribution in [0.2, 0.25) is 0 Å². The van der Waals surface area contributed by atoms with Crippen LogP contribution in [0.4, 0.5) is 10.1 Å². The van der Waals surface area contributed by atoms with Crippen molar-refractivity contribution >= 4 is 17.5 Å². The molecular formula is C17H18FN3O2. The first-order valence-electron chi connectivity index (χ1n) is 7.24. The average Bonchev–Trinajstić information content (AvgIpc) is 2.53. The lowest BCUT2D eigenvalue weighted by molar-refractivity contribution is -0.118. The molecule has 120 valence electrons. The van der Waals surface area contributed by atoms with Gasteiger partial charge >= 0.3 is 0 Å². The molecule has 1 aromatic heterocycles. The molecule has 0 bridgehead atoms. The van der Waals surface area contributed by atoms with Crippen molar-refractivity contribution in [2.75, 3.05) is 5.32 Å². The Morgan fingerprint density at radius 1 is 1.04 bits per heavy atom. The van der Waals surface area contributed by atoms with Crippen molar-refractivity contribution in [1.82, 2.24) is 10.3 Å². The summed E-state index contributed by atoms with van der Waals surface area (Å²) in [5.74, 6) is -1.27. The molecule has 0 saturated carbocycles. The monoisotopic (exact) mass is 315 g/mol. The number of benzene rings is 1. The highest BCUT2D eigenvalue weighted by Crippen LogP contribution is 2.10. The molecule has 1 atom stereocenters. The lowest BCUT2D eigenvalue weighted by Crippen LogP contribution is -2.47. The van der Waals surface area contributed by atoms with E-state index in [-0.39, 0.29) is 11.8 Å². The third-order valence-corrected chi connectivity index (χ3v) is 3.29. The van der Waals surface area contributed by atoms with E-state index in [1.807, 2.05) is 13.8 Å². The molecule has 1 heterocycles. The summed E-state index contributed by atoms with van der Waals surface area (Å²) < 4.78 is 12.9. The summed E-state index contributed by atoms with van der Waals surface area (Å²) in [5.41, 5.74) is 0.903. The van der Waals surface area contributed by atoms with Crippen LogP contribution >= 0.6 is 0 Å². The molecule has 2 N–H and O–H groups in total. The molecular weight excluding hydrogens is 297 g/mol. The van der Waals surface area contributed by atoms with Crippen LogP contribution in [0.5, 0.6) is 0 Å². The van der Waals surface area contributed by atoms with Crippen molar-refractivity contribution in [3.63, 3.8) is 0 Å². The largest absolute Gasteiger partial charge is 0.340 e. The zero-order valence-corrected chi connectivity index (χ0v) is 12.9. The smallest absolute Gasteiger partial charge is 0.251 e. The summed E-state index contributed by atoms with van der Waals surface area (Å²) in [6.07, 6.45) is 3.13. The first-order chi connectivity index (χ1) is 11.0. The Labute approximate surface area is 133 Å². The molecule has 5 nitrogen and oxygen atoms in total. The number of anilines is 1. The fourth-order valence-electron chi connectivity index (χ4n) is 2.02. The molecule has 0 radical (unpaired) electrons. The summed E-state index contributed by atoms with van der Waals surface area (Å²) in [4.78, 5) is 28.4. The number of hydrogen-bond acceptors (Lipinski definition) is 3. The second-order valence-corrected chi connectivity index (χ2v) is 5.43. The van der Waals surface area contributed by atoms with Crippen molar-refractivity contribution in [3.05, 3.63) is 60.2 Å². The molecule has 0 aliphatic rings. The van der Waals surface area contributed by atoms with E-state index in [4.69, 9.17) is 0 Å². The Balaban J connectivity index is 2.07. The maximum absolute atomic E-state index is 12.9. The van der Waals surface area contributed by atoms with E-state index in [0.29, 0.717) is 11.3 Å². The predicted octanol–water partition coefficient (Wildman–Crippen LogP) is 2.61. The molecule has 1 aromatic carbocycles. The highest BCUT2D eigenvalue weighted by Gasteiger charge is 2.24. The van der Waals surface area contributed by atoms with Crippen LogP contribution in [0.1, 0.15) is 24.2 Å².